The third-order valence-corrected chi connectivity index (χ3v) is 3.99. The Morgan fingerprint density at radius 1 is 0.960 bits per heavy atom. The molecule has 1 fully saturated rings. The Hall–Kier alpha value is -2.77. The first-order valence-corrected chi connectivity index (χ1v) is 7.83. The van der Waals surface area contributed by atoms with Gasteiger partial charge in [-0.25, -0.2) is 4.98 Å². The van der Waals surface area contributed by atoms with E-state index in [1.165, 1.54) is 18.0 Å². The van der Waals surface area contributed by atoms with Gasteiger partial charge in [0.1, 0.15) is 5.82 Å². The van der Waals surface area contributed by atoms with Crippen LogP contribution in [0.1, 0.15) is 0 Å². The fourth-order valence-electron chi connectivity index (χ4n) is 2.68. The van der Waals surface area contributed by atoms with E-state index in [0.717, 1.165) is 26.2 Å². The Morgan fingerprint density at radius 3 is 2.16 bits per heavy atom. The number of amides is 1. The van der Waals surface area contributed by atoms with Crippen molar-refractivity contribution in [2.45, 2.75) is 6.18 Å². The van der Waals surface area contributed by atoms with Crippen LogP contribution in [-0.2, 0) is 4.79 Å². The number of nitrogens with zero attached hydrogens (tertiary/aromatic N) is 3. The van der Waals surface area contributed by atoms with Gasteiger partial charge in [0.2, 0.25) is 0 Å². The third-order valence-electron chi connectivity index (χ3n) is 3.99. The number of anilines is 3. The first-order chi connectivity index (χ1) is 11.9. The molecule has 1 N–H and O–H groups in total. The quantitative estimate of drug-likeness (QED) is 0.925. The van der Waals surface area contributed by atoms with E-state index in [1.54, 1.807) is 11.4 Å². The summed E-state index contributed by atoms with van der Waals surface area (Å²) in [6.07, 6.45) is -3.67. The fourth-order valence-corrected chi connectivity index (χ4v) is 2.68. The number of alkyl halides is 3. The van der Waals surface area contributed by atoms with E-state index in [9.17, 15) is 18.0 Å². The van der Waals surface area contributed by atoms with E-state index < -0.39 is 12.1 Å². The summed E-state index contributed by atoms with van der Waals surface area (Å²) in [6.45, 7) is 3.18. The van der Waals surface area contributed by atoms with Crippen molar-refractivity contribution in [3.05, 3.63) is 48.7 Å². The highest BCUT2D eigenvalue weighted by atomic mass is 19.4. The molecule has 0 aliphatic carbocycles. The molecule has 0 spiro atoms. The largest absolute Gasteiger partial charge is 0.471 e. The van der Waals surface area contributed by atoms with Crippen molar-refractivity contribution in [1.29, 1.82) is 0 Å². The number of piperazine rings is 1. The lowest BCUT2D eigenvalue weighted by Crippen LogP contribution is -2.46. The highest BCUT2D eigenvalue weighted by Crippen LogP contribution is 2.21. The number of benzene rings is 1. The van der Waals surface area contributed by atoms with Crippen LogP contribution in [0.25, 0.3) is 0 Å². The number of para-hydroxylation sites is 1. The minimum Gasteiger partial charge on any atom is -0.368 e. The summed E-state index contributed by atoms with van der Waals surface area (Å²) in [6, 6.07) is 13.1. The molecule has 1 aromatic carbocycles. The van der Waals surface area contributed by atoms with Gasteiger partial charge in [-0.1, -0.05) is 18.2 Å². The number of aromatic nitrogens is 1. The van der Waals surface area contributed by atoms with E-state index in [2.05, 4.69) is 26.9 Å². The van der Waals surface area contributed by atoms with Gasteiger partial charge in [-0.05, 0) is 24.3 Å². The van der Waals surface area contributed by atoms with Crippen molar-refractivity contribution in [3.63, 3.8) is 0 Å². The number of carbonyl (C=O) groups is 1. The van der Waals surface area contributed by atoms with Crippen molar-refractivity contribution in [2.75, 3.05) is 41.3 Å². The van der Waals surface area contributed by atoms with Crippen LogP contribution >= 0.6 is 0 Å². The second-order valence-electron chi connectivity index (χ2n) is 5.67. The second-order valence-corrected chi connectivity index (χ2v) is 5.67. The van der Waals surface area contributed by atoms with Gasteiger partial charge in [0, 0.05) is 31.9 Å². The molecule has 0 saturated carbocycles. The number of carbonyl (C=O) groups excluding carboxylic acids is 1. The normalized spacial score (nSPS) is 15.2. The molecule has 0 radical (unpaired) electrons. The Labute approximate surface area is 143 Å². The molecule has 1 aliphatic heterocycles. The van der Waals surface area contributed by atoms with Crippen molar-refractivity contribution >= 4 is 23.1 Å². The molecular weight excluding hydrogens is 333 g/mol. The molecule has 132 valence electrons. The number of hydrogen-bond acceptors (Lipinski definition) is 4. The molecule has 1 aromatic heterocycles. The monoisotopic (exact) mass is 350 g/mol. The summed E-state index contributed by atoms with van der Waals surface area (Å²) >= 11 is 0. The highest BCUT2D eigenvalue weighted by molar-refractivity contribution is 5.94. The molecule has 1 aliphatic rings. The minimum absolute atomic E-state index is 0.0222. The van der Waals surface area contributed by atoms with Crippen LogP contribution in [0, 0.1) is 0 Å². The van der Waals surface area contributed by atoms with Crippen LogP contribution in [-0.4, -0.2) is 43.2 Å². The van der Waals surface area contributed by atoms with Gasteiger partial charge in [0.15, 0.2) is 0 Å². The zero-order valence-electron chi connectivity index (χ0n) is 13.3. The van der Waals surface area contributed by atoms with E-state index >= 15 is 0 Å². The van der Waals surface area contributed by atoms with Crippen molar-refractivity contribution in [2.24, 2.45) is 0 Å². The molecule has 0 unspecified atom stereocenters. The first-order valence-electron chi connectivity index (χ1n) is 7.83. The van der Waals surface area contributed by atoms with Crippen molar-refractivity contribution in [1.82, 2.24) is 4.98 Å². The van der Waals surface area contributed by atoms with Gasteiger partial charge in [-0.15, -0.1) is 0 Å². The fraction of sp³-hybridized carbons (Fsp3) is 0.294. The Bertz CT molecular complexity index is 711. The summed E-state index contributed by atoms with van der Waals surface area (Å²) in [5, 5.41) is 1.79. The number of hydrogen-bond donors (Lipinski definition) is 1. The van der Waals surface area contributed by atoms with Gasteiger partial charge < -0.3 is 15.1 Å². The van der Waals surface area contributed by atoms with Crippen molar-refractivity contribution in [3.8, 4) is 0 Å². The van der Waals surface area contributed by atoms with Gasteiger partial charge in [0.05, 0.1) is 11.9 Å². The lowest BCUT2D eigenvalue weighted by molar-refractivity contribution is -0.167. The third kappa shape index (κ3) is 4.20. The lowest BCUT2D eigenvalue weighted by Gasteiger charge is -2.36. The molecule has 5 nitrogen and oxygen atoms in total. The molecule has 2 heterocycles. The number of pyridine rings is 1. The number of halogens is 3. The standard InChI is InChI=1S/C17H17F3N4O/c18-17(19,20)16(25)22-13-6-7-15(21-12-13)24-10-8-23(9-11-24)14-4-2-1-3-5-14/h1-7,12H,8-11H2,(H,22,25). The molecule has 0 bridgehead atoms. The predicted octanol–water partition coefficient (Wildman–Crippen LogP) is 2.91. The van der Waals surface area contributed by atoms with Gasteiger partial charge in [0.25, 0.3) is 0 Å². The van der Waals surface area contributed by atoms with E-state index in [0.29, 0.717) is 5.82 Å². The molecule has 8 heteroatoms. The van der Waals surface area contributed by atoms with Gasteiger partial charge in [-0.3, -0.25) is 4.79 Å². The van der Waals surface area contributed by atoms with Crippen LogP contribution in [0.4, 0.5) is 30.4 Å². The van der Waals surface area contributed by atoms with E-state index in [-0.39, 0.29) is 5.69 Å². The van der Waals surface area contributed by atoms with E-state index in [4.69, 9.17) is 0 Å². The Balaban J connectivity index is 1.58. The summed E-state index contributed by atoms with van der Waals surface area (Å²) in [7, 11) is 0. The summed E-state index contributed by atoms with van der Waals surface area (Å²) < 4.78 is 36.7. The second kappa shape index (κ2) is 7.00. The van der Waals surface area contributed by atoms with Gasteiger partial charge in [-0.2, -0.15) is 13.2 Å². The molecule has 3 rings (SSSR count). The topological polar surface area (TPSA) is 48.5 Å². The van der Waals surface area contributed by atoms with Gasteiger partial charge >= 0.3 is 12.1 Å². The molecule has 0 atom stereocenters. The lowest BCUT2D eigenvalue weighted by atomic mass is 10.2. The highest BCUT2D eigenvalue weighted by Gasteiger charge is 2.38. The first kappa shape index (κ1) is 17.1. The van der Waals surface area contributed by atoms with Crippen molar-refractivity contribution < 1.29 is 18.0 Å². The molecule has 1 amide bonds. The number of rotatable bonds is 3. The Kier molecular flexibility index (Phi) is 4.78. The van der Waals surface area contributed by atoms with E-state index in [1.807, 2.05) is 18.2 Å². The number of nitrogens with one attached hydrogen (secondary N) is 1. The molecule has 2 aromatic rings. The van der Waals surface area contributed by atoms with Crippen LogP contribution in [0.5, 0.6) is 0 Å². The predicted molar refractivity (Wildman–Crippen MR) is 89.8 cm³/mol. The smallest absolute Gasteiger partial charge is 0.368 e. The maximum atomic E-state index is 12.2. The molecular formula is C17H17F3N4O. The summed E-state index contributed by atoms with van der Waals surface area (Å²) in [4.78, 5) is 19.4. The summed E-state index contributed by atoms with van der Waals surface area (Å²) in [5.74, 6) is -1.32. The minimum atomic E-state index is -4.91. The summed E-state index contributed by atoms with van der Waals surface area (Å²) in [5.41, 5.74) is 1.19. The van der Waals surface area contributed by atoms with Crippen LogP contribution < -0.4 is 15.1 Å². The average Bonchev–Trinajstić information content (AvgIpc) is 2.62. The molecule has 25 heavy (non-hydrogen) atoms. The van der Waals surface area contributed by atoms with Crippen LogP contribution in [0.2, 0.25) is 0 Å². The maximum Gasteiger partial charge on any atom is 0.471 e. The molecule has 1 saturated heterocycles. The average molecular weight is 350 g/mol. The van der Waals surface area contributed by atoms with Crippen LogP contribution in [0.15, 0.2) is 48.7 Å². The van der Waals surface area contributed by atoms with Crippen LogP contribution in [0.3, 0.4) is 0 Å². The SMILES string of the molecule is O=C(Nc1ccc(N2CCN(c3ccccc3)CC2)nc1)C(F)(F)F. The maximum absolute atomic E-state index is 12.2. The zero-order valence-corrected chi connectivity index (χ0v) is 13.3. The zero-order chi connectivity index (χ0) is 17.9. The Morgan fingerprint density at radius 2 is 1.60 bits per heavy atom.